The summed E-state index contributed by atoms with van der Waals surface area (Å²) in [6.45, 7) is 0. The summed E-state index contributed by atoms with van der Waals surface area (Å²) in [6, 6.07) is 46.6. The van der Waals surface area contributed by atoms with Crippen LogP contribution in [0.2, 0.25) is 0 Å². The van der Waals surface area contributed by atoms with Crippen LogP contribution in [0.4, 0.5) is 0 Å². The molecule has 2 aromatic heterocycles. The fourth-order valence-electron chi connectivity index (χ4n) is 7.59. The molecule has 0 aliphatic carbocycles. The standard InChI is InChI=1S/C37H21NOS/c1-5-16-29-22(10-1)23-12-9-15-27-35(23)38(29)30-17-6-3-13-25(30)37(27)26-14-4-7-18-31(26)39-36-28(37)20-21-33-34(36)24-11-2-8-19-32(24)40-33/h1-21H. The molecule has 0 fully saturated rings. The lowest BCUT2D eigenvalue weighted by atomic mass is 9.61. The van der Waals surface area contributed by atoms with Gasteiger partial charge in [0.2, 0.25) is 0 Å². The molecule has 0 N–H and O–H groups in total. The highest BCUT2D eigenvalue weighted by Gasteiger charge is 2.50. The van der Waals surface area contributed by atoms with Crippen LogP contribution in [0.15, 0.2) is 127 Å². The van der Waals surface area contributed by atoms with Crippen molar-refractivity contribution in [2.24, 2.45) is 0 Å². The Balaban J connectivity index is 1.49. The molecule has 1 atom stereocenters. The van der Waals surface area contributed by atoms with Crippen LogP contribution in [0.5, 0.6) is 11.5 Å². The fraction of sp³-hybridized carbons (Fsp3) is 0.0270. The predicted octanol–water partition coefficient (Wildman–Crippen LogP) is 9.95. The van der Waals surface area contributed by atoms with E-state index in [1.807, 2.05) is 11.3 Å². The molecule has 0 saturated carbocycles. The summed E-state index contributed by atoms with van der Waals surface area (Å²) in [5, 5.41) is 5.04. The highest BCUT2D eigenvalue weighted by atomic mass is 32.1. The highest BCUT2D eigenvalue weighted by molar-refractivity contribution is 7.25. The van der Waals surface area contributed by atoms with E-state index < -0.39 is 5.41 Å². The molecule has 0 amide bonds. The van der Waals surface area contributed by atoms with E-state index in [1.165, 1.54) is 69.9 Å². The van der Waals surface area contributed by atoms with Crippen molar-refractivity contribution in [1.29, 1.82) is 0 Å². The summed E-state index contributed by atoms with van der Waals surface area (Å²) in [5.41, 5.74) is 8.21. The van der Waals surface area contributed by atoms with Crippen molar-refractivity contribution in [3.05, 3.63) is 150 Å². The van der Waals surface area contributed by atoms with Crippen LogP contribution < -0.4 is 4.74 Å². The third-order valence-electron chi connectivity index (χ3n) is 9.05. The Labute approximate surface area is 234 Å². The van der Waals surface area contributed by atoms with Crippen molar-refractivity contribution >= 4 is 53.3 Å². The molecule has 2 aliphatic rings. The number of hydrogen-bond donors (Lipinski definition) is 0. The van der Waals surface area contributed by atoms with Gasteiger partial charge in [-0.2, -0.15) is 0 Å². The van der Waals surface area contributed by atoms with Crippen LogP contribution in [0.1, 0.15) is 22.3 Å². The second-order valence-electron chi connectivity index (χ2n) is 10.8. The third kappa shape index (κ3) is 2.29. The van der Waals surface area contributed by atoms with Gasteiger partial charge in [-0.15, -0.1) is 11.3 Å². The number of ether oxygens (including phenoxy) is 1. The van der Waals surface area contributed by atoms with Gasteiger partial charge in [-0.25, -0.2) is 0 Å². The van der Waals surface area contributed by atoms with Gasteiger partial charge in [0, 0.05) is 42.1 Å². The van der Waals surface area contributed by atoms with Crippen molar-refractivity contribution < 1.29 is 4.74 Å². The molecular formula is C37H21NOS. The van der Waals surface area contributed by atoms with E-state index in [-0.39, 0.29) is 0 Å². The number of fused-ring (bicyclic) bond motifs is 15. The quantitative estimate of drug-likeness (QED) is 0.191. The molecular weight excluding hydrogens is 506 g/mol. The number of rotatable bonds is 0. The van der Waals surface area contributed by atoms with Crippen molar-refractivity contribution in [3.63, 3.8) is 0 Å². The predicted molar refractivity (Wildman–Crippen MR) is 166 cm³/mol. The first-order chi connectivity index (χ1) is 19.9. The molecule has 2 aliphatic heterocycles. The normalized spacial score (nSPS) is 16.8. The molecule has 0 radical (unpaired) electrons. The van der Waals surface area contributed by atoms with Gasteiger partial charge >= 0.3 is 0 Å². The lowest BCUT2D eigenvalue weighted by Crippen LogP contribution is -2.37. The summed E-state index contributed by atoms with van der Waals surface area (Å²) in [5.74, 6) is 1.90. The Morgan fingerprint density at radius 2 is 1.25 bits per heavy atom. The first kappa shape index (κ1) is 21.0. The minimum absolute atomic E-state index is 0.526. The van der Waals surface area contributed by atoms with Crippen LogP contribution in [0.3, 0.4) is 0 Å². The van der Waals surface area contributed by atoms with Crippen LogP contribution in [0, 0.1) is 0 Å². The van der Waals surface area contributed by atoms with Gasteiger partial charge in [0.1, 0.15) is 11.5 Å². The number of nitrogens with zero attached hydrogens (tertiary/aromatic N) is 1. The summed E-state index contributed by atoms with van der Waals surface area (Å²) in [7, 11) is 0. The number of benzene rings is 6. The van der Waals surface area contributed by atoms with E-state index >= 15 is 0 Å². The minimum atomic E-state index is -0.526. The molecule has 0 saturated heterocycles. The highest BCUT2D eigenvalue weighted by Crippen LogP contribution is 2.62. The second kappa shape index (κ2) is 7.20. The van der Waals surface area contributed by atoms with E-state index in [0.717, 1.165) is 11.5 Å². The number of aromatic nitrogens is 1. The summed E-state index contributed by atoms with van der Waals surface area (Å²) in [4.78, 5) is 0. The molecule has 8 aromatic rings. The fourth-order valence-corrected chi connectivity index (χ4v) is 8.69. The molecule has 0 bridgehead atoms. The van der Waals surface area contributed by atoms with Crippen LogP contribution in [0.25, 0.3) is 47.7 Å². The van der Waals surface area contributed by atoms with E-state index in [1.54, 1.807) is 0 Å². The van der Waals surface area contributed by atoms with Crippen molar-refractivity contribution in [3.8, 4) is 17.2 Å². The molecule has 1 unspecified atom stereocenters. The maximum absolute atomic E-state index is 6.94. The Hall–Kier alpha value is -4.86. The lowest BCUT2D eigenvalue weighted by Gasteiger charge is -2.45. The minimum Gasteiger partial charge on any atom is -0.456 e. The third-order valence-corrected chi connectivity index (χ3v) is 10.2. The average molecular weight is 528 g/mol. The van der Waals surface area contributed by atoms with Gasteiger partial charge in [-0.3, -0.25) is 0 Å². The average Bonchev–Trinajstić information content (AvgIpc) is 3.56. The van der Waals surface area contributed by atoms with E-state index in [2.05, 4.69) is 132 Å². The second-order valence-corrected chi connectivity index (χ2v) is 11.9. The zero-order valence-electron chi connectivity index (χ0n) is 21.4. The number of para-hydroxylation sites is 4. The summed E-state index contributed by atoms with van der Waals surface area (Å²) < 4.78 is 12.0. The maximum Gasteiger partial charge on any atom is 0.141 e. The van der Waals surface area contributed by atoms with E-state index in [9.17, 15) is 0 Å². The van der Waals surface area contributed by atoms with Crippen molar-refractivity contribution in [2.75, 3.05) is 0 Å². The number of thiophene rings is 1. The molecule has 186 valence electrons. The molecule has 3 heteroatoms. The van der Waals surface area contributed by atoms with Crippen LogP contribution in [-0.2, 0) is 5.41 Å². The van der Waals surface area contributed by atoms with Gasteiger partial charge in [0.05, 0.1) is 22.1 Å². The molecule has 10 rings (SSSR count). The van der Waals surface area contributed by atoms with Gasteiger partial charge in [-0.05, 0) is 41.5 Å². The largest absolute Gasteiger partial charge is 0.456 e. The molecule has 1 spiro atoms. The SMILES string of the molecule is c1ccc2c(c1)Oc1c(ccc3sc4ccccc4c13)C21c2ccccc2-n2c3ccccc3c3cccc1c32. The van der Waals surface area contributed by atoms with Gasteiger partial charge < -0.3 is 9.30 Å². The smallest absolute Gasteiger partial charge is 0.141 e. The molecule has 6 aromatic carbocycles. The van der Waals surface area contributed by atoms with E-state index in [0.29, 0.717) is 0 Å². The Morgan fingerprint density at radius 3 is 2.20 bits per heavy atom. The molecule has 2 nitrogen and oxygen atoms in total. The van der Waals surface area contributed by atoms with Crippen molar-refractivity contribution in [2.45, 2.75) is 5.41 Å². The lowest BCUT2D eigenvalue weighted by molar-refractivity contribution is 0.439. The Kier molecular flexibility index (Phi) is 3.79. The first-order valence-electron chi connectivity index (χ1n) is 13.7. The van der Waals surface area contributed by atoms with Gasteiger partial charge in [0.25, 0.3) is 0 Å². The van der Waals surface area contributed by atoms with Crippen molar-refractivity contribution in [1.82, 2.24) is 4.57 Å². The summed E-state index contributed by atoms with van der Waals surface area (Å²) >= 11 is 1.84. The zero-order chi connectivity index (χ0) is 26.0. The maximum atomic E-state index is 6.94. The Bertz CT molecular complexity index is 2370. The number of hydrogen-bond acceptors (Lipinski definition) is 2. The van der Waals surface area contributed by atoms with Crippen LogP contribution >= 0.6 is 11.3 Å². The first-order valence-corrected chi connectivity index (χ1v) is 14.5. The monoisotopic (exact) mass is 527 g/mol. The molecule has 40 heavy (non-hydrogen) atoms. The molecule has 4 heterocycles. The van der Waals surface area contributed by atoms with Gasteiger partial charge in [-0.1, -0.05) is 97.1 Å². The van der Waals surface area contributed by atoms with Crippen LogP contribution in [-0.4, -0.2) is 4.57 Å². The van der Waals surface area contributed by atoms with E-state index in [4.69, 9.17) is 4.74 Å². The summed E-state index contributed by atoms with van der Waals surface area (Å²) in [6.07, 6.45) is 0. The zero-order valence-corrected chi connectivity index (χ0v) is 22.2. The Morgan fingerprint density at radius 1 is 0.525 bits per heavy atom. The van der Waals surface area contributed by atoms with Gasteiger partial charge in [0.15, 0.2) is 0 Å². The topological polar surface area (TPSA) is 14.2 Å².